The molecule has 20 heavy (non-hydrogen) atoms. The highest BCUT2D eigenvalue weighted by molar-refractivity contribution is 6.05. The fraction of sp³-hybridized carbons (Fsp3) is 0. The smallest absolute Gasteiger partial charge is 0.0811 e. The number of aliphatic imine (C=N–C) groups is 1. The molecule has 2 aromatic carbocycles. The van der Waals surface area contributed by atoms with Gasteiger partial charge in [-0.15, -0.1) is 0 Å². The van der Waals surface area contributed by atoms with E-state index >= 15 is 0 Å². The molecule has 3 heteroatoms. The van der Waals surface area contributed by atoms with Crippen molar-refractivity contribution in [2.24, 2.45) is 9.98 Å². The number of rotatable bonds is 0. The number of pyridine rings is 1. The molecule has 2 aliphatic heterocycles. The summed E-state index contributed by atoms with van der Waals surface area (Å²) < 4.78 is 0. The minimum atomic E-state index is 0.981. The summed E-state index contributed by atoms with van der Waals surface area (Å²) in [6.07, 6.45) is 5.70. The average molecular weight is 255 g/mol. The lowest BCUT2D eigenvalue weighted by Crippen LogP contribution is -2.08. The molecule has 0 atom stereocenters. The first-order chi connectivity index (χ1) is 9.92. The van der Waals surface area contributed by atoms with E-state index in [2.05, 4.69) is 40.3 Å². The molecule has 92 valence electrons. The molecule has 3 nitrogen and oxygen atoms in total. The summed E-state index contributed by atoms with van der Waals surface area (Å²) >= 11 is 0. The largest absolute Gasteiger partial charge is 0.256 e. The Balaban J connectivity index is 1.99. The molecule has 0 amide bonds. The van der Waals surface area contributed by atoms with E-state index in [-0.39, 0.29) is 0 Å². The second kappa shape index (κ2) is 3.39. The van der Waals surface area contributed by atoms with Crippen LogP contribution in [-0.2, 0) is 0 Å². The highest BCUT2D eigenvalue weighted by Gasteiger charge is 2.20. The van der Waals surface area contributed by atoms with Crippen LogP contribution >= 0.6 is 0 Å². The van der Waals surface area contributed by atoms with Gasteiger partial charge >= 0.3 is 0 Å². The Morgan fingerprint density at radius 3 is 2.90 bits per heavy atom. The molecule has 0 bridgehead atoms. The van der Waals surface area contributed by atoms with Crippen LogP contribution in [0.2, 0.25) is 0 Å². The van der Waals surface area contributed by atoms with Gasteiger partial charge in [0.15, 0.2) is 0 Å². The zero-order valence-electron chi connectivity index (χ0n) is 10.5. The van der Waals surface area contributed by atoms with E-state index in [1.54, 1.807) is 0 Å². The van der Waals surface area contributed by atoms with E-state index in [0.717, 1.165) is 44.0 Å². The van der Waals surface area contributed by atoms with E-state index < -0.39 is 0 Å². The summed E-state index contributed by atoms with van der Waals surface area (Å²) in [4.78, 5) is 13.7. The van der Waals surface area contributed by atoms with Crippen LogP contribution < -0.4 is 10.6 Å². The third-order valence-electron chi connectivity index (χ3n) is 3.90. The zero-order valence-corrected chi connectivity index (χ0v) is 10.5. The van der Waals surface area contributed by atoms with Crippen LogP contribution in [0.25, 0.3) is 28.1 Å². The molecule has 0 N–H and O–H groups in total. The fourth-order valence-electron chi connectivity index (χ4n) is 3.00. The summed E-state index contributed by atoms with van der Waals surface area (Å²) in [5, 5.41) is 3.27. The summed E-state index contributed by atoms with van der Waals surface area (Å²) in [6.45, 7) is 0. The maximum absolute atomic E-state index is 4.79. The molecule has 1 aromatic heterocycles. The van der Waals surface area contributed by atoms with Gasteiger partial charge in [-0.3, -0.25) is 9.98 Å². The van der Waals surface area contributed by atoms with Crippen LogP contribution in [0.4, 0.5) is 11.4 Å². The van der Waals surface area contributed by atoms with Gasteiger partial charge in [0.2, 0.25) is 0 Å². The Labute approximate surface area is 114 Å². The Morgan fingerprint density at radius 1 is 0.900 bits per heavy atom. The first-order valence-electron chi connectivity index (χ1n) is 6.56. The standard InChI is InChI=1S/C17H9N3/c1-2-11-13(18-8-1)6-4-12-15-14(20-17(11)12)5-3-10-7-9-19-16(10)15/h1-9H. The number of aromatic nitrogens is 1. The molecule has 0 unspecified atom stereocenters. The van der Waals surface area contributed by atoms with Crippen molar-refractivity contribution in [1.29, 1.82) is 0 Å². The molecule has 2 aliphatic rings. The maximum atomic E-state index is 4.79. The van der Waals surface area contributed by atoms with Gasteiger partial charge < -0.3 is 0 Å². The minimum absolute atomic E-state index is 0.981. The zero-order chi connectivity index (χ0) is 13.1. The van der Waals surface area contributed by atoms with E-state index in [1.807, 2.05) is 24.6 Å². The topological polar surface area (TPSA) is 37.6 Å². The van der Waals surface area contributed by atoms with Gasteiger partial charge in [0.1, 0.15) is 0 Å². The quantitative estimate of drug-likeness (QED) is 0.476. The maximum Gasteiger partial charge on any atom is 0.0811 e. The molecule has 5 rings (SSSR count). The monoisotopic (exact) mass is 255 g/mol. The summed E-state index contributed by atoms with van der Waals surface area (Å²) in [5.41, 5.74) is 5.34. The van der Waals surface area contributed by atoms with Crippen molar-refractivity contribution in [1.82, 2.24) is 4.98 Å². The number of benzene rings is 2. The van der Waals surface area contributed by atoms with E-state index in [4.69, 9.17) is 4.99 Å². The highest BCUT2D eigenvalue weighted by atomic mass is 14.8. The van der Waals surface area contributed by atoms with Crippen LogP contribution in [-0.4, -0.2) is 11.2 Å². The Hall–Kier alpha value is -2.81. The van der Waals surface area contributed by atoms with Crippen LogP contribution in [0, 0.1) is 0 Å². The molecule has 3 heterocycles. The second-order valence-electron chi connectivity index (χ2n) is 4.99. The van der Waals surface area contributed by atoms with Gasteiger partial charge in [0.25, 0.3) is 0 Å². The normalized spacial score (nSPS) is 13.6. The molecular weight excluding hydrogens is 246 g/mol. The van der Waals surface area contributed by atoms with E-state index in [9.17, 15) is 0 Å². The molecule has 0 spiro atoms. The van der Waals surface area contributed by atoms with E-state index in [1.165, 1.54) is 0 Å². The first-order valence-corrected chi connectivity index (χ1v) is 6.56. The van der Waals surface area contributed by atoms with Gasteiger partial charge in [-0.05, 0) is 36.4 Å². The van der Waals surface area contributed by atoms with Crippen LogP contribution in [0.15, 0.2) is 52.6 Å². The van der Waals surface area contributed by atoms with E-state index in [0.29, 0.717) is 0 Å². The van der Waals surface area contributed by atoms with Crippen molar-refractivity contribution in [2.75, 3.05) is 0 Å². The summed E-state index contributed by atoms with van der Waals surface area (Å²) in [5.74, 6) is 0. The predicted octanol–water partition coefficient (Wildman–Crippen LogP) is 2.66. The Kier molecular flexibility index (Phi) is 1.70. The first kappa shape index (κ1) is 10.0. The van der Waals surface area contributed by atoms with Crippen molar-refractivity contribution in [3.8, 4) is 11.1 Å². The second-order valence-corrected chi connectivity index (χ2v) is 4.99. The Bertz CT molecular complexity index is 1050. The minimum Gasteiger partial charge on any atom is -0.256 e. The van der Waals surface area contributed by atoms with Gasteiger partial charge in [0, 0.05) is 34.1 Å². The third kappa shape index (κ3) is 1.12. The number of hydrogen-bond acceptors (Lipinski definition) is 3. The molecule has 0 saturated heterocycles. The van der Waals surface area contributed by atoms with Crippen LogP contribution in [0.1, 0.15) is 0 Å². The molecule has 0 fully saturated rings. The SMILES string of the molecule is C1=Nc2c3c(ccc2=C1)=Nc1c-3ccc2ncccc12. The predicted molar refractivity (Wildman–Crippen MR) is 80.2 cm³/mol. The summed E-state index contributed by atoms with van der Waals surface area (Å²) in [7, 11) is 0. The summed E-state index contributed by atoms with van der Waals surface area (Å²) in [6, 6.07) is 12.3. The van der Waals surface area contributed by atoms with Gasteiger partial charge in [-0.2, -0.15) is 0 Å². The lowest BCUT2D eigenvalue weighted by Gasteiger charge is -2.05. The molecule has 0 aliphatic carbocycles. The van der Waals surface area contributed by atoms with Crippen molar-refractivity contribution in [2.45, 2.75) is 0 Å². The van der Waals surface area contributed by atoms with Crippen LogP contribution in [0.5, 0.6) is 0 Å². The van der Waals surface area contributed by atoms with Gasteiger partial charge in [0.05, 0.1) is 22.2 Å². The van der Waals surface area contributed by atoms with Crippen molar-refractivity contribution < 1.29 is 0 Å². The molecule has 0 saturated carbocycles. The van der Waals surface area contributed by atoms with Crippen LogP contribution in [0.3, 0.4) is 0 Å². The fourth-order valence-corrected chi connectivity index (χ4v) is 3.00. The Morgan fingerprint density at radius 2 is 1.90 bits per heavy atom. The van der Waals surface area contributed by atoms with Crippen molar-refractivity contribution in [3.05, 3.63) is 53.2 Å². The molecular formula is C17H9N3. The lowest BCUT2D eigenvalue weighted by molar-refractivity contribution is 1.39. The van der Waals surface area contributed by atoms with Crippen molar-refractivity contribution in [3.63, 3.8) is 0 Å². The number of fused-ring (bicyclic) bond motifs is 7. The van der Waals surface area contributed by atoms with Gasteiger partial charge in [-0.1, -0.05) is 6.07 Å². The molecule has 3 aromatic rings. The number of nitrogens with zero attached hydrogens (tertiary/aromatic N) is 3. The number of hydrogen-bond donors (Lipinski definition) is 0. The van der Waals surface area contributed by atoms with Gasteiger partial charge in [-0.25, -0.2) is 4.99 Å². The third-order valence-corrected chi connectivity index (χ3v) is 3.90. The highest BCUT2D eigenvalue weighted by Crippen LogP contribution is 2.41. The lowest BCUT2D eigenvalue weighted by atomic mass is 10.0. The molecule has 0 radical (unpaired) electrons. The van der Waals surface area contributed by atoms with Crippen molar-refractivity contribution >= 4 is 34.6 Å². The average Bonchev–Trinajstić information content (AvgIpc) is 3.10.